The minimum Gasteiger partial charge on any atom is -0.387 e. The second-order valence-electron chi connectivity index (χ2n) is 12.9. The molecule has 0 fully saturated rings. The minimum absolute atomic E-state index is 0.0195. The van der Waals surface area contributed by atoms with Gasteiger partial charge < -0.3 is 30.9 Å². The Labute approximate surface area is 280 Å². The third kappa shape index (κ3) is 10.8. The summed E-state index contributed by atoms with van der Waals surface area (Å²) < 4.78 is 31.1. The number of benzene rings is 2. The number of nitrogens with two attached hydrogens (primary N) is 1. The number of nitrogens with one attached hydrogen (secondary N) is 2. The van der Waals surface area contributed by atoms with Gasteiger partial charge in [-0.1, -0.05) is 58.0 Å². The molecule has 0 spiro atoms. The third-order valence-corrected chi connectivity index (χ3v) is 7.99. The van der Waals surface area contributed by atoms with Crippen LogP contribution in [0.5, 0.6) is 0 Å². The van der Waals surface area contributed by atoms with E-state index in [2.05, 4.69) is 10.6 Å². The van der Waals surface area contributed by atoms with E-state index in [9.17, 15) is 33.1 Å². The van der Waals surface area contributed by atoms with Gasteiger partial charge in [-0.2, -0.15) is 0 Å². The maximum Gasteiger partial charge on any atom is 0.248 e. The van der Waals surface area contributed by atoms with Crippen molar-refractivity contribution in [3.8, 4) is 11.1 Å². The van der Waals surface area contributed by atoms with Gasteiger partial charge in [-0.25, -0.2) is 8.78 Å². The molecule has 3 rings (SSSR count). The molecule has 3 aromatic rings. The van der Waals surface area contributed by atoms with Gasteiger partial charge in [-0.05, 0) is 48.1 Å². The first kappa shape index (κ1) is 38.0. The highest BCUT2D eigenvalue weighted by Gasteiger charge is 2.37. The van der Waals surface area contributed by atoms with Crippen LogP contribution in [0.2, 0.25) is 0 Å². The molecule has 0 unspecified atom stereocenters. The number of hydrogen-bond acceptors (Lipinski definition) is 6. The molecule has 0 aliphatic carbocycles. The van der Waals surface area contributed by atoms with E-state index >= 15 is 0 Å². The maximum atomic E-state index is 15.0. The second kappa shape index (κ2) is 17.7. The lowest BCUT2D eigenvalue weighted by molar-refractivity contribution is -0.140. The highest BCUT2D eigenvalue weighted by molar-refractivity contribution is 5.86. The van der Waals surface area contributed by atoms with Gasteiger partial charge in [0.25, 0.3) is 0 Å². The van der Waals surface area contributed by atoms with Crippen molar-refractivity contribution in [3.63, 3.8) is 0 Å². The lowest BCUT2D eigenvalue weighted by atomic mass is 9.82. The van der Waals surface area contributed by atoms with Gasteiger partial charge in [0.2, 0.25) is 17.7 Å². The van der Waals surface area contributed by atoms with Crippen molar-refractivity contribution >= 4 is 23.5 Å². The van der Waals surface area contributed by atoms with E-state index in [1.165, 1.54) is 4.90 Å². The summed E-state index contributed by atoms with van der Waals surface area (Å²) in [5, 5.41) is 15.3. The Morgan fingerprint density at radius 1 is 1.02 bits per heavy atom. The summed E-state index contributed by atoms with van der Waals surface area (Å²) in [6.45, 7) is 7.23. The topological polar surface area (TPSA) is 147 Å². The molecule has 260 valence electrons. The quantitative estimate of drug-likeness (QED) is 0.160. The molecule has 2 aromatic carbocycles. The summed E-state index contributed by atoms with van der Waals surface area (Å²) in [4.78, 5) is 50.9. The number of aliphatic hydroxyl groups excluding tert-OH is 1. The largest absolute Gasteiger partial charge is 0.387 e. The molecule has 5 N–H and O–H groups in total. The number of Topliss-reactive ketones (excluding diaryl/α,β-unsaturated/α-hetero) is 1. The van der Waals surface area contributed by atoms with Crippen LogP contribution < -0.4 is 16.4 Å². The molecule has 0 saturated carbocycles. The molecule has 3 amide bonds. The van der Waals surface area contributed by atoms with E-state index in [1.807, 2.05) is 55.7 Å². The summed E-state index contributed by atoms with van der Waals surface area (Å²) in [6, 6.07) is 12.9. The lowest BCUT2D eigenvalue weighted by Gasteiger charge is -2.41. The first-order chi connectivity index (χ1) is 22.7. The zero-order chi connectivity index (χ0) is 35.4. The number of rotatable bonds is 17. The Morgan fingerprint density at radius 3 is 2.38 bits per heavy atom. The van der Waals surface area contributed by atoms with Gasteiger partial charge in [-0.3, -0.25) is 19.2 Å². The van der Waals surface area contributed by atoms with Crippen LogP contribution in [-0.2, 0) is 25.7 Å². The Hall–Kier alpha value is -4.42. The number of aromatic nitrogens is 1. The molecular formula is C36H47F2N5O5. The number of carbonyl (C=O) groups excluding carboxylic acids is 4. The highest BCUT2D eigenvalue weighted by atomic mass is 19.1. The molecule has 0 aliphatic heterocycles. The Balaban J connectivity index is 1.84. The minimum atomic E-state index is -0.993. The van der Waals surface area contributed by atoms with Gasteiger partial charge in [0.15, 0.2) is 5.78 Å². The summed E-state index contributed by atoms with van der Waals surface area (Å²) in [5.74, 6) is -2.59. The number of hydrogen-bond donors (Lipinski definition) is 4. The fourth-order valence-electron chi connectivity index (χ4n) is 5.55. The smallest absolute Gasteiger partial charge is 0.248 e. The SMILES string of the molecule is CCC(=O)NCC(=O)CCCNC(=O)[C@@H](N)CCN(C(=O)CO)[C@@H](c1cc(-c2cc(F)ccc2F)cn1Cc1ccccc1)C(C)(C)C. The number of aliphatic hydroxyl groups is 1. The van der Waals surface area contributed by atoms with Crippen LogP contribution in [0.3, 0.4) is 0 Å². The Kier molecular flexibility index (Phi) is 14.0. The van der Waals surface area contributed by atoms with E-state index in [0.717, 1.165) is 23.8 Å². The summed E-state index contributed by atoms with van der Waals surface area (Å²) in [7, 11) is 0. The molecule has 48 heavy (non-hydrogen) atoms. The normalized spacial score (nSPS) is 12.7. The molecule has 10 nitrogen and oxygen atoms in total. The predicted molar refractivity (Wildman–Crippen MR) is 179 cm³/mol. The van der Waals surface area contributed by atoms with E-state index in [-0.39, 0.29) is 56.2 Å². The van der Waals surface area contributed by atoms with Crippen molar-refractivity contribution in [2.24, 2.45) is 11.1 Å². The molecule has 0 saturated heterocycles. The number of amides is 3. The molecule has 2 atom stereocenters. The molecule has 12 heteroatoms. The number of carbonyl (C=O) groups is 4. The predicted octanol–water partition coefficient (Wildman–Crippen LogP) is 4.10. The Bertz CT molecular complexity index is 1550. The molecule has 0 bridgehead atoms. The molecule has 0 radical (unpaired) electrons. The molecule has 1 aromatic heterocycles. The maximum absolute atomic E-state index is 15.0. The summed E-state index contributed by atoms with van der Waals surface area (Å²) in [6.07, 6.45) is 2.62. The first-order valence-corrected chi connectivity index (χ1v) is 16.2. The van der Waals surface area contributed by atoms with Crippen LogP contribution in [0.15, 0.2) is 60.8 Å². The standard InChI is InChI=1S/C36H47F2N5O5/c1-5-32(46)41-20-27(45)12-9-16-40-35(48)30(39)15-17-43(33(47)23-44)34(36(2,3)4)31-18-25(28-19-26(37)13-14-29(28)38)22-42(31)21-24-10-7-6-8-11-24/h6-8,10-11,13-14,18-19,22,30,34,44H,5,9,12,15-17,20-21,23,39H2,1-4H3,(H,40,48)(H,41,46)/t30-,34-/m0/s1. The van der Waals surface area contributed by atoms with Gasteiger partial charge >= 0.3 is 0 Å². The van der Waals surface area contributed by atoms with Crippen LogP contribution in [-0.4, -0.2) is 70.4 Å². The fourth-order valence-corrected chi connectivity index (χ4v) is 5.55. The van der Waals surface area contributed by atoms with Crippen LogP contribution >= 0.6 is 0 Å². The lowest BCUT2D eigenvalue weighted by Crippen LogP contribution is -2.47. The first-order valence-electron chi connectivity index (χ1n) is 16.2. The van der Waals surface area contributed by atoms with Crippen LogP contribution in [0.1, 0.15) is 70.7 Å². The number of ketones is 1. The van der Waals surface area contributed by atoms with Crippen LogP contribution in [0.4, 0.5) is 8.78 Å². The van der Waals surface area contributed by atoms with Crippen molar-refractivity contribution < 1.29 is 33.1 Å². The summed E-state index contributed by atoms with van der Waals surface area (Å²) in [5.41, 5.74) is 7.67. The zero-order valence-electron chi connectivity index (χ0n) is 28.1. The van der Waals surface area contributed by atoms with Crippen molar-refractivity contribution in [2.75, 3.05) is 26.2 Å². The average Bonchev–Trinajstić information content (AvgIpc) is 3.46. The van der Waals surface area contributed by atoms with Crippen LogP contribution in [0.25, 0.3) is 11.1 Å². The monoisotopic (exact) mass is 667 g/mol. The van der Waals surface area contributed by atoms with Gasteiger partial charge in [0.1, 0.15) is 18.2 Å². The third-order valence-electron chi connectivity index (χ3n) is 7.99. The van der Waals surface area contributed by atoms with Gasteiger partial charge in [-0.15, -0.1) is 0 Å². The second-order valence-corrected chi connectivity index (χ2v) is 12.9. The Morgan fingerprint density at radius 2 is 1.73 bits per heavy atom. The van der Waals surface area contributed by atoms with E-state index in [0.29, 0.717) is 24.2 Å². The van der Waals surface area contributed by atoms with Gasteiger partial charge in [0, 0.05) is 55.5 Å². The van der Waals surface area contributed by atoms with E-state index in [4.69, 9.17) is 5.73 Å². The summed E-state index contributed by atoms with van der Waals surface area (Å²) >= 11 is 0. The van der Waals surface area contributed by atoms with Crippen molar-refractivity contribution in [3.05, 3.63) is 83.7 Å². The van der Waals surface area contributed by atoms with Crippen molar-refractivity contribution in [1.29, 1.82) is 0 Å². The van der Waals surface area contributed by atoms with E-state index in [1.54, 1.807) is 19.2 Å². The van der Waals surface area contributed by atoms with Gasteiger partial charge in [0.05, 0.1) is 18.6 Å². The average molecular weight is 668 g/mol. The molecule has 1 heterocycles. The molecule has 0 aliphatic rings. The highest BCUT2D eigenvalue weighted by Crippen LogP contribution is 2.41. The number of halogens is 2. The zero-order valence-corrected chi connectivity index (χ0v) is 28.1. The van der Waals surface area contributed by atoms with Crippen molar-refractivity contribution in [1.82, 2.24) is 20.1 Å². The molecular weight excluding hydrogens is 620 g/mol. The number of nitrogens with zero attached hydrogens (tertiary/aromatic N) is 2. The van der Waals surface area contributed by atoms with Crippen molar-refractivity contribution in [2.45, 2.75) is 72.0 Å². The van der Waals surface area contributed by atoms with Crippen LogP contribution in [0, 0.1) is 17.0 Å². The fraction of sp³-hybridized carbons (Fsp3) is 0.444. The van der Waals surface area contributed by atoms with E-state index < -0.39 is 47.6 Å².